The number of aromatic nitrogens is 1. The summed E-state index contributed by atoms with van der Waals surface area (Å²) < 4.78 is 6.08. The average Bonchev–Trinajstić information content (AvgIpc) is 2.62. The van der Waals surface area contributed by atoms with Gasteiger partial charge in [-0.2, -0.15) is 0 Å². The molecular weight excluding hydrogens is 252 g/mol. The van der Waals surface area contributed by atoms with E-state index in [0.29, 0.717) is 11.4 Å². The van der Waals surface area contributed by atoms with Crippen molar-refractivity contribution < 1.29 is 4.52 Å². The van der Waals surface area contributed by atoms with Crippen molar-refractivity contribution in [2.24, 2.45) is 0 Å². The highest BCUT2D eigenvalue weighted by Crippen LogP contribution is 2.38. The fourth-order valence-electron chi connectivity index (χ4n) is 1.00. The summed E-state index contributed by atoms with van der Waals surface area (Å²) in [6.45, 7) is 2.02. The van der Waals surface area contributed by atoms with Crippen molar-refractivity contribution in [1.29, 1.82) is 0 Å². The molecule has 5 heteroatoms. The smallest absolute Gasteiger partial charge is 0.200 e. The van der Waals surface area contributed by atoms with Crippen LogP contribution in [0.3, 0.4) is 0 Å². The van der Waals surface area contributed by atoms with Crippen LogP contribution in [0.2, 0.25) is 0 Å². The summed E-state index contributed by atoms with van der Waals surface area (Å²) in [7, 11) is 0. The molecule has 0 aliphatic heterocycles. The van der Waals surface area contributed by atoms with E-state index in [2.05, 4.69) is 21.1 Å². The molecule has 3 nitrogen and oxygen atoms in total. The highest BCUT2D eigenvalue weighted by molar-refractivity contribution is 9.10. The molecule has 2 heterocycles. The first-order valence-corrected chi connectivity index (χ1v) is 5.31. The zero-order valence-corrected chi connectivity index (χ0v) is 9.28. The molecule has 68 valence electrons. The van der Waals surface area contributed by atoms with E-state index in [4.69, 9.17) is 10.3 Å². The summed E-state index contributed by atoms with van der Waals surface area (Å²) in [5, 5.41) is 5.68. The number of thiophene rings is 1. The standard InChI is InChI=1S/C8H7BrN2OS/c1-4-3-13-8(6(4)9)7-5(10)2-11-12-7/h2-3H,10H2,1H3. The van der Waals surface area contributed by atoms with Crippen LogP contribution in [0.4, 0.5) is 5.69 Å². The lowest BCUT2D eigenvalue weighted by Crippen LogP contribution is -1.82. The van der Waals surface area contributed by atoms with Gasteiger partial charge in [0.15, 0.2) is 0 Å². The fourth-order valence-corrected chi connectivity index (χ4v) is 2.67. The molecule has 0 aromatic carbocycles. The van der Waals surface area contributed by atoms with Crippen molar-refractivity contribution in [3.05, 3.63) is 21.6 Å². The normalized spacial score (nSPS) is 10.6. The Morgan fingerprint density at radius 1 is 1.62 bits per heavy atom. The lowest BCUT2D eigenvalue weighted by molar-refractivity contribution is 0.433. The number of aryl methyl sites for hydroxylation is 1. The third-order valence-electron chi connectivity index (χ3n) is 1.70. The van der Waals surface area contributed by atoms with Crippen molar-refractivity contribution in [3.63, 3.8) is 0 Å². The van der Waals surface area contributed by atoms with E-state index >= 15 is 0 Å². The van der Waals surface area contributed by atoms with Gasteiger partial charge in [0.1, 0.15) is 5.69 Å². The summed E-state index contributed by atoms with van der Waals surface area (Å²) in [5.41, 5.74) is 7.43. The molecule has 0 unspecified atom stereocenters. The van der Waals surface area contributed by atoms with E-state index in [0.717, 1.165) is 9.35 Å². The van der Waals surface area contributed by atoms with Crippen molar-refractivity contribution >= 4 is 33.0 Å². The molecule has 13 heavy (non-hydrogen) atoms. The van der Waals surface area contributed by atoms with Crippen LogP contribution in [0.5, 0.6) is 0 Å². The van der Waals surface area contributed by atoms with Gasteiger partial charge in [0, 0.05) is 4.47 Å². The van der Waals surface area contributed by atoms with Crippen LogP contribution in [-0.4, -0.2) is 5.16 Å². The Kier molecular flexibility index (Phi) is 2.13. The van der Waals surface area contributed by atoms with Crippen LogP contribution in [0.15, 0.2) is 20.6 Å². The number of nitrogens with two attached hydrogens (primary N) is 1. The largest absolute Gasteiger partial charge is 0.394 e. The van der Waals surface area contributed by atoms with E-state index < -0.39 is 0 Å². The first kappa shape index (κ1) is 8.77. The Labute approximate surface area is 87.7 Å². The SMILES string of the molecule is Cc1csc(-c2oncc2N)c1Br. The van der Waals surface area contributed by atoms with E-state index in [-0.39, 0.29) is 0 Å². The second-order valence-corrected chi connectivity index (χ2v) is 4.34. The first-order chi connectivity index (χ1) is 6.20. The van der Waals surface area contributed by atoms with Crippen molar-refractivity contribution in [1.82, 2.24) is 5.16 Å². The minimum Gasteiger partial charge on any atom is -0.394 e. The van der Waals surface area contributed by atoms with Crippen LogP contribution in [0.25, 0.3) is 10.6 Å². The third-order valence-corrected chi connectivity index (χ3v) is 4.08. The molecule has 2 aromatic heterocycles. The van der Waals surface area contributed by atoms with Gasteiger partial charge in [-0.3, -0.25) is 0 Å². The predicted molar refractivity (Wildman–Crippen MR) is 56.7 cm³/mol. The molecule has 0 saturated carbocycles. The second kappa shape index (κ2) is 3.16. The highest BCUT2D eigenvalue weighted by atomic mass is 79.9. The van der Waals surface area contributed by atoms with Crippen LogP contribution in [0.1, 0.15) is 5.56 Å². The molecule has 0 radical (unpaired) electrons. The van der Waals surface area contributed by atoms with Crippen LogP contribution in [-0.2, 0) is 0 Å². The summed E-state index contributed by atoms with van der Waals surface area (Å²) in [6, 6.07) is 0. The minimum absolute atomic E-state index is 0.572. The van der Waals surface area contributed by atoms with Crippen molar-refractivity contribution in [2.45, 2.75) is 6.92 Å². The summed E-state index contributed by atoms with van der Waals surface area (Å²) >= 11 is 5.06. The Morgan fingerprint density at radius 3 is 2.85 bits per heavy atom. The van der Waals surface area contributed by atoms with Gasteiger partial charge < -0.3 is 10.3 Å². The lowest BCUT2D eigenvalue weighted by Gasteiger charge is -1.93. The second-order valence-electron chi connectivity index (χ2n) is 2.67. The molecule has 0 amide bonds. The Bertz CT molecular complexity index is 435. The Hall–Kier alpha value is -0.810. The van der Waals surface area contributed by atoms with Gasteiger partial charge in [0.25, 0.3) is 0 Å². The van der Waals surface area contributed by atoms with Gasteiger partial charge in [0.05, 0.1) is 11.1 Å². The maximum Gasteiger partial charge on any atom is 0.200 e. The number of halogens is 1. The van der Waals surface area contributed by atoms with Crippen LogP contribution >= 0.6 is 27.3 Å². The van der Waals surface area contributed by atoms with Gasteiger partial charge in [-0.25, -0.2) is 0 Å². The molecule has 0 aliphatic carbocycles. The maximum atomic E-state index is 5.68. The number of nitrogen functional groups attached to an aromatic ring is 1. The van der Waals surface area contributed by atoms with Crippen LogP contribution < -0.4 is 5.73 Å². The number of rotatable bonds is 1. The summed E-state index contributed by atoms with van der Waals surface area (Å²) in [4.78, 5) is 0.993. The zero-order chi connectivity index (χ0) is 9.42. The molecule has 0 atom stereocenters. The van der Waals surface area contributed by atoms with E-state index in [1.54, 1.807) is 11.3 Å². The summed E-state index contributed by atoms with van der Waals surface area (Å²) in [5.74, 6) is 0.643. The molecule has 2 rings (SSSR count). The Morgan fingerprint density at radius 2 is 2.38 bits per heavy atom. The van der Waals surface area contributed by atoms with E-state index in [1.807, 2.05) is 12.3 Å². The number of hydrogen-bond acceptors (Lipinski definition) is 4. The van der Waals surface area contributed by atoms with Gasteiger partial charge in [-0.05, 0) is 33.8 Å². The molecule has 0 fully saturated rings. The molecule has 0 spiro atoms. The molecule has 0 saturated heterocycles. The lowest BCUT2D eigenvalue weighted by atomic mass is 10.3. The molecule has 2 aromatic rings. The van der Waals surface area contributed by atoms with Crippen LogP contribution in [0, 0.1) is 6.92 Å². The fraction of sp³-hybridized carbons (Fsp3) is 0.125. The van der Waals surface area contributed by atoms with Gasteiger partial charge >= 0.3 is 0 Å². The van der Waals surface area contributed by atoms with E-state index in [1.165, 1.54) is 11.8 Å². The minimum atomic E-state index is 0.572. The Balaban J connectivity index is 2.59. The molecular formula is C8H7BrN2OS. The number of nitrogens with zero attached hydrogens (tertiary/aromatic N) is 1. The van der Waals surface area contributed by atoms with E-state index in [9.17, 15) is 0 Å². The van der Waals surface area contributed by atoms with Crippen molar-refractivity contribution in [3.8, 4) is 10.6 Å². The molecule has 0 bridgehead atoms. The number of hydrogen-bond donors (Lipinski definition) is 1. The quantitative estimate of drug-likeness (QED) is 0.856. The third kappa shape index (κ3) is 1.38. The van der Waals surface area contributed by atoms with Gasteiger partial charge in [-0.15, -0.1) is 11.3 Å². The molecule has 0 aliphatic rings. The topological polar surface area (TPSA) is 52.0 Å². The first-order valence-electron chi connectivity index (χ1n) is 3.64. The zero-order valence-electron chi connectivity index (χ0n) is 6.87. The van der Waals surface area contributed by atoms with Gasteiger partial charge in [-0.1, -0.05) is 5.16 Å². The van der Waals surface area contributed by atoms with Crippen molar-refractivity contribution in [2.75, 3.05) is 5.73 Å². The monoisotopic (exact) mass is 258 g/mol. The predicted octanol–water partition coefficient (Wildman–Crippen LogP) is 3.06. The summed E-state index contributed by atoms with van der Waals surface area (Å²) in [6.07, 6.45) is 1.51. The number of anilines is 1. The highest BCUT2D eigenvalue weighted by Gasteiger charge is 2.14. The maximum absolute atomic E-state index is 5.68. The average molecular weight is 259 g/mol. The molecule has 2 N–H and O–H groups in total. The van der Waals surface area contributed by atoms with Gasteiger partial charge in [0.2, 0.25) is 5.76 Å².